The lowest BCUT2D eigenvalue weighted by molar-refractivity contribution is -0.125. The van der Waals surface area contributed by atoms with Gasteiger partial charge in [-0.1, -0.05) is 24.3 Å². The fourth-order valence-electron chi connectivity index (χ4n) is 3.96. The van der Waals surface area contributed by atoms with Gasteiger partial charge in [0.2, 0.25) is 21.8 Å². The summed E-state index contributed by atoms with van der Waals surface area (Å²) in [5.74, 6) is -1.22. The highest BCUT2D eigenvalue weighted by Crippen LogP contribution is 2.21. The number of nitrogens with zero attached hydrogens (tertiary/aromatic N) is 1. The van der Waals surface area contributed by atoms with Crippen molar-refractivity contribution in [2.75, 3.05) is 25.0 Å². The minimum absolute atomic E-state index is 0.182. The number of nitrogens with one attached hydrogen (secondary N) is 3. The summed E-state index contributed by atoms with van der Waals surface area (Å²) in [7, 11) is -3.45. The van der Waals surface area contributed by atoms with E-state index in [0.29, 0.717) is 37.3 Å². The molecule has 2 aliphatic heterocycles. The predicted molar refractivity (Wildman–Crippen MR) is 122 cm³/mol. The maximum absolute atomic E-state index is 12.6. The molecule has 9 nitrogen and oxygen atoms in total. The van der Waals surface area contributed by atoms with Gasteiger partial charge in [0.25, 0.3) is 5.91 Å². The van der Waals surface area contributed by atoms with Crippen molar-refractivity contribution in [2.24, 2.45) is 0 Å². The van der Waals surface area contributed by atoms with Crippen molar-refractivity contribution in [3.8, 4) is 0 Å². The third kappa shape index (κ3) is 5.23. The fourth-order valence-corrected chi connectivity index (χ4v) is 5.48. The van der Waals surface area contributed by atoms with Gasteiger partial charge in [-0.2, -0.15) is 4.31 Å². The maximum atomic E-state index is 12.6. The first-order chi connectivity index (χ1) is 15.8. The van der Waals surface area contributed by atoms with Gasteiger partial charge in [-0.25, -0.2) is 8.42 Å². The highest BCUT2D eigenvalue weighted by atomic mass is 32.2. The Labute approximate surface area is 192 Å². The predicted octanol–water partition coefficient (Wildman–Crippen LogP) is 1.27. The molecular formula is C23H26N4O5S. The zero-order valence-corrected chi connectivity index (χ0v) is 18.9. The van der Waals surface area contributed by atoms with E-state index in [-0.39, 0.29) is 17.2 Å². The molecule has 0 bridgehead atoms. The van der Waals surface area contributed by atoms with E-state index in [2.05, 4.69) is 16.0 Å². The fraction of sp³-hybridized carbons (Fsp3) is 0.348. The Bertz CT molecular complexity index is 1160. The number of hydrogen-bond acceptors (Lipinski definition) is 5. The number of amides is 3. The van der Waals surface area contributed by atoms with Crippen molar-refractivity contribution in [1.82, 2.24) is 14.9 Å². The third-order valence-corrected chi connectivity index (χ3v) is 7.72. The van der Waals surface area contributed by atoms with E-state index in [1.165, 1.54) is 4.31 Å². The van der Waals surface area contributed by atoms with Crippen LogP contribution in [0.25, 0.3) is 0 Å². The minimum Gasteiger partial charge on any atom is -0.356 e. The standard InChI is InChI=1S/C23H26N4O5S/c28-21(15-20-23(30)25-19-6-2-1-5-18(19)22(29)26-20)24-12-11-16-7-9-17(10-8-16)33(31,32)27-13-3-4-14-27/h1-2,5-10,20H,3-4,11-15H2,(H,24,28)(H,25,30)(H,26,29)/t20-/m0/s1. The molecule has 174 valence electrons. The summed E-state index contributed by atoms with van der Waals surface area (Å²) in [5, 5.41) is 8.02. The first-order valence-electron chi connectivity index (χ1n) is 10.9. The largest absolute Gasteiger partial charge is 0.356 e. The molecule has 0 spiro atoms. The van der Waals surface area contributed by atoms with Crippen LogP contribution in [0, 0.1) is 0 Å². The number of carbonyl (C=O) groups excluding carboxylic acids is 3. The number of anilines is 1. The third-order valence-electron chi connectivity index (χ3n) is 5.80. The molecule has 0 unspecified atom stereocenters. The summed E-state index contributed by atoms with van der Waals surface area (Å²) in [5.41, 5.74) is 1.65. The maximum Gasteiger partial charge on any atom is 0.254 e. The monoisotopic (exact) mass is 470 g/mol. The van der Waals surface area contributed by atoms with E-state index >= 15 is 0 Å². The van der Waals surface area contributed by atoms with Gasteiger partial charge in [0.15, 0.2) is 0 Å². The topological polar surface area (TPSA) is 125 Å². The van der Waals surface area contributed by atoms with Crippen LogP contribution in [-0.4, -0.2) is 56.1 Å². The SMILES string of the molecule is O=C(C[C@@H]1NC(=O)c2ccccc2NC1=O)NCCc1ccc(S(=O)(=O)N2CCCC2)cc1. The van der Waals surface area contributed by atoms with Crippen LogP contribution in [0.3, 0.4) is 0 Å². The number of para-hydroxylation sites is 1. The van der Waals surface area contributed by atoms with Gasteiger partial charge >= 0.3 is 0 Å². The molecule has 1 fully saturated rings. The number of hydrogen-bond donors (Lipinski definition) is 3. The second kappa shape index (κ2) is 9.72. The van der Waals surface area contributed by atoms with Crippen LogP contribution in [-0.2, 0) is 26.0 Å². The zero-order chi connectivity index (χ0) is 23.4. The highest BCUT2D eigenvalue weighted by molar-refractivity contribution is 7.89. The van der Waals surface area contributed by atoms with Crippen LogP contribution in [0.5, 0.6) is 0 Å². The van der Waals surface area contributed by atoms with E-state index in [9.17, 15) is 22.8 Å². The van der Waals surface area contributed by atoms with Gasteiger partial charge in [-0.3, -0.25) is 14.4 Å². The molecule has 2 aliphatic rings. The molecule has 0 radical (unpaired) electrons. The number of carbonyl (C=O) groups is 3. The van der Waals surface area contributed by atoms with Gasteiger partial charge in [0.1, 0.15) is 6.04 Å². The van der Waals surface area contributed by atoms with Crippen LogP contribution in [0.15, 0.2) is 53.4 Å². The van der Waals surface area contributed by atoms with Crippen molar-refractivity contribution in [2.45, 2.75) is 36.6 Å². The molecule has 3 amide bonds. The molecule has 0 saturated carbocycles. The van der Waals surface area contributed by atoms with Crippen molar-refractivity contribution in [3.63, 3.8) is 0 Å². The lowest BCUT2D eigenvalue weighted by Crippen LogP contribution is -2.44. The number of rotatable bonds is 7. The number of sulfonamides is 1. The molecule has 1 atom stereocenters. The molecule has 4 rings (SSSR count). The Balaban J connectivity index is 1.27. The molecule has 0 aliphatic carbocycles. The average molecular weight is 471 g/mol. The van der Waals surface area contributed by atoms with Crippen LogP contribution >= 0.6 is 0 Å². The molecular weight excluding hydrogens is 444 g/mol. The van der Waals surface area contributed by atoms with Crippen molar-refractivity contribution >= 4 is 33.4 Å². The Morgan fingerprint density at radius 3 is 2.45 bits per heavy atom. The number of benzene rings is 2. The van der Waals surface area contributed by atoms with Gasteiger partial charge in [0.05, 0.1) is 22.6 Å². The van der Waals surface area contributed by atoms with E-state index < -0.39 is 27.9 Å². The molecule has 33 heavy (non-hydrogen) atoms. The lowest BCUT2D eigenvalue weighted by Gasteiger charge is -2.16. The van der Waals surface area contributed by atoms with Crippen molar-refractivity contribution < 1.29 is 22.8 Å². The van der Waals surface area contributed by atoms with E-state index in [1.54, 1.807) is 48.5 Å². The van der Waals surface area contributed by atoms with E-state index in [1.807, 2.05) is 0 Å². The normalized spacial score (nSPS) is 18.7. The minimum atomic E-state index is -3.45. The molecule has 2 aromatic rings. The second-order valence-corrected chi connectivity index (χ2v) is 10.1. The lowest BCUT2D eigenvalue weighted by atomic mass is 10.1. The first-order valence-corrected chi connectivity index (χ1v) is 12.3. The Morgan fingerprint density at radius 1 is 1.03 bits per heavy atom. The second-order valence-electron chi connectivity index (χ2n) is 8.12. The summed E-state index contributed by atoms with van der Waals surface area (Å²) in [4.78, 5) is 37.4. The zero-order valence-electron chi connectivity index (χ0n) is 18.0. The van der Waals surface area contributed by atoms with Gasteiger partial charge < -0.3 is 16.0 Å². The van der Waals surface area contributed by atoms with Gasteiger partial charge in [-0.05, 0) is 49.1 Å². The van der Waals surface area contributed by atoms with E-state index in [0.717, 1.165) is 18.4 Å². The van der Waals surface area contributed by atoms with Crippen LogP contribution in [0.4, 0.5) is 5.69 Å². The van der Waals surface area contributed by atoms with Crippen LogP contribution in [0.1, 0.15) is 35.2 Å². The van der Waals surface area contributed by atoms with Crippen LogP contribution < -0.4 is 16.0 Å². The first kappa shape index (κ1) is 22.9. The molecule has 0 aromatic heterocycles. The smallest absolute Gasteiger partial charge is 0.254 e. The molecule has 2 heterocycles. The van der Waals surface area contributed by atoms with Crippen LogP contribution in [0.2, 0.25) is 0 Å². The summed E-state index contributed by atoms with van der Waals surface area (Å²) >= 11 is 0. The highest BCUT2D eigenvalue weighted by Gasteiger charge is 2.29. The van der Waals surface area contributed by atoms with Gasteiger partial charge in [-0.15, -0.1) is 0 Å². The summed E-state index contributed by atoms with van der Waals surface area (Å²) in [6, 6.07) is 12.4. The summed E-state index contributed by atoms with van der Waals surface area (Å²) in [6.07, 6.45) is 2.09. The summed E-state index contributed by atoms with van der Waals surface area (Å²) in [6.45, 7) is 1.43. The quantitative estimate of drug-likeness (QED) is 0.562. The summed E-state index contributed by atoms with van der Waals surface area (Å²) < 4.78 is 26.7. The molecule has 1 saturated heterocycles. The van der Waals surface area contributed by atoms with Gasteiger partial charge in [0, 0.05) is 19.6 Å². The Morgan fingerprint density at radius 2 is 1.73 bits per heavy atom. The average Bonchev–Trinajstić information content (AvgIpc) is 3.32. The van der Waals surface area contributed by atoms with E-state index in [4.69, 9.17) is 0 Å². The van der Waals surface area contributed by atoms with Crippen molar-refractivity contribution in [3.05, 3.63) is 59.7 Å². The molecule has 2 aromatic carbocycles. The Hall–Kier alpha value is -3.24. The molecule has 10 heteroatoms. The number of fused-ring (bicyclic) bond motifs is 1. The van der Waals surface area contributed by atoms with Crippen molar-refractivity contribution in [1.29, 1.82) is 0 Å². The Kier molecular flexibility index (Phi) is 6.75. The molecule has 3 N–H and O–H groups in total.